The molecule has 4 nitrogen and oxygen atoms in total. The van der Waals surface area contributed by atoms with Crippen LogP contribution in [0.2, 0.25) is 0 Å². The normalized spacial score (nSPS) is 19.3. The van der Waals surface area contributed by atoms with Crippen LogP contribution in [-0.4, -0.2) is 36.0 Å². The summed E-state index contributed by atoms with van der Waals surface area (Å²) in [4.78, 5) is 15.0. The number of nitrogens with one attached hydrogen (secondary N) is 2. The van der Waals surface area contributed by atoms with E-state index in [1.807, 2.05) is 13.0 Å². The first kappa shape index (κ1) is 20.5. The number of likely N-dealkylation sites (tertiary alicyclic amines) is 1. The molecule has 1 saturated heterocycles. The molecule has 3 aromatic rings. The van der Waals surface area contributed by atoms with Crippen LogP contribution in [0.15, 0.2) is 66.7 Å². The molecule has 0 aliphatic carbocycles. The monoisotopic (exact) mass is 405 g/mol. The molecule has 5 heteroatoms. The Labute approximate surface area is 177 Å². The Bertz CT molecular complexity index is 1000. The number of hydrogen-bond donors (Lipinski definition) is 2. The SMILES string of the molecule is CCNC(=O)[C@@H]1C[C@@H](NCc2ccc(F)cc2)CN1Cc1ccc2ccccc2c1. The van der Waals surface area contributed by atoms with E-state index in [1.54, 1.807) is 12.1 Å². The van der Waals surface area contributed by atoms with E-state index >= 15 is 0 Å². The van der Waals surface area contributed by atoms with Crippen LogP contribution in [-0.2, 0) is 17.9 Å². The standard InChI is InChI=1S/C25H28FN3O/c1-2-27-25(30)24-14-23(28-15-18-8-11-22(26)12-9-18)17-29(24)16-19-7-10-20-5-3-4-6-21(20)13-19/h3-13,23-24,28H,2,14-17H2,1H3,(H,27,30)/t23-,24+/m1/s1. The van der Waals surface area contributed by atoms with Crippen molar-refractivity contribution in [2.45, 2.75) is 38.5 Å². The van der Waals surface area contributed by atoms with Gasteiger partial charge in [-0.15, -0.1) is 0 Å². The smallest absolute Gasteiger partial charge is 0.237 e. The highest BCUT2D eigenvalue weighted by Crippen LogP contribution is 2.23. The average molecular weight is 406 g/mol. The molecule has 0 unspecified atom stereocenters. The minimum atomic E-state index is -0.225. The molecule has 1 amide bonds. The summed E-state index contributed by atoms with van der Waals surface area (Å²) in [5.41, 5.74) is 2.25. The van der Waals surface area contributed by atoms with Crippen molar-refractivity contribution in [3.63, 3.8) is 0 Å². The third-order valence-electron chi connectivity index (χ3n) is 5.76. The third kappa shape index (κ3) is 4.86. The molecule has 0 spiro atoms. The van der Waals surface area contributed by atoms with Gasteiger partial charge in [-0.25, -0.2) is 4.39 Å². The molecule has 3 aromatic carbocycles. The maximum Gasteiger partial charge on any atom is 0.237 e. The Morgan fingerprint density at radius 1 is 1.03 bits per heavy atom. The van der Waals surface area contributed by atoms with Gasteiger partial charge in [0.05, 0.1) is 6.04 Å². The van der Waals surface area contributed by atoms with Crippen LogP contribution < -0.4 is 10.6 Å². The third-order valence-corrected chi connectivity index (χ3v) is 5.76. The molecule has 156 valence electrons. The van der Waals surface area contributed by atoms with Gasteiger partial charge in [0, 0.05) is 32.2 Å². The van der Waals surface area contributed by atoms with Gasteiger partial charge in [-0.2, -0.15) is 0 Å². The van der Waals surface area contributed by atoms with Gasteiger partial charge in [-0.1, -0.05) is 48.5 Å². The van der Waals surface area contributed by atoms with E-state index in [0.717, 1.165) is 25.1 Å². The average Bonchev–Trinajstić information content (AvgIpc) is 3.16. The van der Waals surface area contributed by atoms with Crippen LogP contribution >= 0.6 is 0 Å². The van der Waals surface area contributed by atoms with Crippen molar-refractivity contribution in [3.8, 4) is 0 Å². The van der Waals surface area contributed by atoms with Crippen LogP contribution in [0.5, 0.6) is 0 Å². The number of fused-ring (bicyclic) bond motifs is 1. The van der Waals surface area contributed by atoms with Crippen molar-refractivity contribution in [2.24, 2.45) is 0 Å². The lowest BCUT2D eigenvalue weighted by Gasteiger charge is -2.23. The highest BCUT2D eigenvalue weighted by molar-refractivity contribution is 5.83. The van der Waals surface area contributed by atoms with Gasteiger partial charge < -0.3 is 10.6 Å². The summed E-state index contributed by atoms with van der Waals surface area (Å²) in [5, 5.41) is 8.97. The number of rotatable bonds is 7. The van der Waals surface area contributed by atoms with Crippen molar-refractivity contribution in [2.75, 3.05) is 13.1 Å². The molecule has 4 rings (SSSR count). The lowest BCUT2D eigenvalue weighted by molar-refractivity contribution is -0.125. The first-order valence-electron chi connectivity index (χ1n) is 10.6. The molecule has 1 fully saturated rings. The van der Waals surface area contributed by atoms with E-state index in [-0.39, 0.29) is 23.8 Å². The van der Waals surface area contributed by atoms with Crippen molar-refractivity contribution in [1.82, 2.24) is 15.5 Å². The maximum absolute atomic E-state index is 13.1. The number of benzene rings is 3. The quantitative estimate of drug-likeness (QED) is 0.628. The second-order valence-corrected chi connectivity index (χ2v) is 7.96. The molecule has 0 saturated carbocycles. The molecule has 0 bridgehead atoms. The number of carbonyl (C=O) groups is 1. The van der Waals surface area contributed by atoms with Crippen molar-refractivity contribution in [1.29, 1.82) is 0 Å². The second kappa shape index (κ2) is 9.37. The van der Waals surface area contributed by atoms with Gasteiger partial charge in [0.2, 0.25) is 5.91 Å². The van der Waals surface area contributed by atoms with Gasteiger partial charge in [-0.05, 0) is 53.4 Å². The minimum Gasteiger partial charge on any atom is -0.355 e. The van der Waals surface area contributed by atoms with Gasteiger partial charge in [0.15, 0.2) is 0 Å². The second-order valence-electron chi connectivity index (χ2n) is 7.96. The zero-order chi connectivity index (χ0) is 20.9. The van der Waals surface area contributed by atoms with Crippen LogP contribution in [0.25, 0.3) is 10.8 Å². The molecule has 0 aromatic heterocycles. The first-order chi connectivity index (χ1) is 14.6. The number of halogens is 1. The molecular formula is C25H28FN3O. The Kier molecular flexibility index (Phi) is 6.41. The molecule has 1 heterocycles. The van der Waals surface area contributed by atoms with Crippen LogP contribution in [0.4, 0.5) is 4.39 Å². The van der Waals surface area contributed by atoms with E-state index < -0.39 is 0 Å². The van der Waals surface area contributed by atoms with Crippen molar-refractivity contribution >= 4 is 16.7 Å². The van der Waals surface area contributed by atoms with Crippen molar-refractivity contribution < 1.29 is 9.18 Å². The Hall–Kier alpha value is -2.76. The van der Waals surface area contributed by atoms with Crippen LogP contribution in [0.3, 0.4) is 0 Å². The summed E-state index contributed by atoms with van der Waals surface area (Å²) in [7, 11) is 0. The highest BCUT2D eigenvalue weighted by atomic mass is 19.1. The number of amides is 1. The Morgan fingerprint density at radius 2 is 1.77 bits per heavy atom. The summed E-state index contributed by atoms with van der Waals surface area (Å²) < 4.78 is 13.1. The van der Waals surface area contributed by atoms with E-state index in [4.69, 9.17) is 0 Å². The molecule has 1 aliphatic rings. The minimum absolute atomic E-state index is 0.0874. The predicted molar refractivity (Wildman–Crippen MR) is 118 cm³/mol. The zero-order valence-corrected chi connectivity index (χ0v) is 17.3. The number of carbonyl (C=O) groups excluding carboxylic acids is 1. The largest absolute Gasteiger partial charge is 0.355 e. The van der Waals surface area contributed by atoms with Gasteiger partial charge in [-0.3, -0.25) is 9.69 Å². The number of likely N-dealkylation sites (N-methyl/N-ethyl adjacent to an activating group) is 1. The molecule has 30 heavy (non-hydrogen) atoms. The summed E-state index contributed by atoms with van der Waals surface area (Å²) in [6.07, 6.45) is 0.764. The van der Waals surface area contributed by atoms with E-state index in [2.05, 4.69) is 51.9 Å². The van der Waals surface area contributed by atoms with Gasteiger partial charge in [0.25, 0.3) is 0 Å². The predicted octanol–water partition coefficient (Wildman–Crippen LogP) is 3.85. The Morgan fingerprint density at radius 3 is 2.53 bits per heavy atom. The summed E-state index contributed by atoms with van der Waals surface area (Å²) >= 11 is 0. The van der Waals surface area contributed by atoms with E-state index in [9.17, 15) is 9.18 Å². The molecule has 2 N–H and O–H groups in total. The molecule has 0 radical (unpaired) electrons. The number of nitrogens with zero attached hydrogens (tertiary/aromatic N) is 1. The zero-order valence-electron chi connectivity index (χ0n) is 17.3. The topological polar surface area (TPSA) is 44.4 Å². The van der Waals surface area contributed by atoms with E-state index in [1.165, 1.54) is 28.5 Å². The summed E-state index contributed by atoms with van der Waals surface area (Å²) in [6.45, 7) is 4.78. The lowest BCUT2D eigenvalue weighted by atomic mass is 10.1. The van der Waals surface area contributed by atoms with Crippen LogP contribution in [0.1, 0.15) is 24.5 Å². The van der Waals surface area contributed by atoms with Gasteiger partial charge >= 0.3 is 0 Å². The molecule has 1 aliphatic heterocycles. The van der Waals surface area contributed by atoms with Crippen molar-refractivity contribution in [3.05, 3.63) is 83.7 Å². The fourth-order valence-corrected chi connectivity index (χ4v) is 4.23. The Balaban J connectivity index is 1.45. The molecular weight excluding hydrogens is 377 g/mol. The van der Waals surface area contributed by atoms with E-state index in [0.29, 0.717) is 13.1 Å². The van der Waals surface area contributed by atoms with Crippen LogP contribution in [0, 0.1) is 5.82 Å². The summed E-state index contributed by atoms with van der Waals surface area (Å²) in [6, 6.07) is 21.5. The summed E-state index contributed by atoms with van der Waals surface area (Å²) in [5.74, 6) is -0.137. The first-order valence-corrected chi connectivity index (χ1v) is 10.6. The fourth-order valence-electron chi connectivity index (χ4n) is 4.23. The highest BCUT2D eigenvalue weighted by Gasteiger charge is 2.36. The number of hydrogen-bond acceptors (Lipinski definition) is 3. The maximum atomic E-state index is 13.1. The lowest BCUT2D eigenvalue weighted by Crippen LogP contribution is -2.42. The fraction of sp³-hybridized carbons (Fsp3) is 0.320. The molecule has 2 atom stereocenters. The van der Waals surface area contributed by atoms with Gasteiger partial charge in [0.1, 0.15) is 5.82 Å².